The van der Waals surface area contributed by atoms with Crippen molar-refractivity contribution in [1.29, 1.82) is 0 Å². The van der Waals surface area contributed by atoms with Gasteiger partial charge in [0.25, 0.3) is 0 Å². The van der Waals surface area contributed by atoms with Gasteiger partial charge in [0, 0.05) is 6.07 Å². The van der Waals surface area contributed by atoms with Crippen molar-refractivity contribution in [1.82, 2.24) is 15.5 Å². The van der Waals surface area contributed by atoms with Gasteiger partial charge in [0.1, 0.15) is 11.6 Å². The number of nitrogens with zero attached hydrogens (tertiary/aromatic N) is 2. The fourth-order valence-corrected chi connectivity index (χ4v) is 2.58. The third-order valence-electron chi connectivity index (χ3n) is 2.79. The first-order valence-electron chi connectivity index (χ1n) is 6.48. The lowest BCUT2D eigenvalue weighted by Crippen LogP contribution is -2.28. The Balaban J connectivity index is 1.57. The Morgan fingerprint density at radius 3 is 2.91 bits per heavy atom. The highest BCUT2D eigenvalue weighted by Crippen LogP contribution is 2.21. The number of halogens is 2. The molecule has 0 aliphatic carbocycles. The van der Waals surface area contributed by atoms with E-state index in [2.05, 4.69) is 20.8 Å². The normalized spacial score (nSPS) is 10.5. The Kier molecular flexibility index (Phi) is 4.58. The van der Waals surface area contributed by atoms with Crippen molar-refractivity contribution in [2.75, 3.05) is 5.32 Å². The van der Waals surface area contributed by atoms with Crippen LogP contribution in [0.3, 0.4) is 0 Å². The number of anilines is 1. The molecule has 3 rings (SSSR count). The van der Waals surface area contributed by atoms with E-state index in [4.69, 9.17) is 16.7 Å². The predicted octanol–water partition coefficient (Wildman–Crippen LogP) is 3.56. The van der Waals surface area contributed by atoms with Crippen molar-refractivity contribution in [3.05, 3.63) is 53.2 Å². The molecule has 2 N–H and O–H groups in total. The molecule has 0 saturated carbocycles. The zero-order chi connectivity index (χ0) is 16.2. The molecule has 0 aliphatic rings. The highest BCUT2D eigenvalue weighted by atomic mass is 32.1. The Hall–Kier alpha value is -2.39. The second kappa shape index (κ2) is 6.80. The molecule has 23 heavy (non-hydrogen) atoms. The summed E-state index contributed by atoms with van der Waals surface area (Å²) in [5.74, 6) is -0.539. The Bertz CT molecular complexity index is 820. The first kappa shape index (κ1) is 15.5. The van der Waals surface area contributed by atoms with Crippen molar-refractivity contribution in [3.8, 4) is 10.7 Å². The summed E-state index contributed by atoms with van der Waals surface area (Å²) >= 11 is 6.55. The van der Waals surface area contributed by atoms with Crippen LogP contribution >= 0.6 is 23.6 Å². The maximum atomic E-state index is 13.5. The zero-order valence-electron chi connectivity index (χ0n) is 11.5. The van der Waals surface area contributed by atoms with Gasteiger partial charge in [-0.2, -0.15) is 4.98 Å². The van der Waals surface area contributed by atoms with Gasteiger partial charge in [0.2, 0.25) is 11.7 Å². The highest BCUT2D eigenvalue weighted by Gasteiger charge is 2.10. The summed E-state index contributed by atoms with van der Waals surface area (Å²) in [6, 6.07) is 6.95. The van der Waals surface area contributed by atoms with Crippen LogP contribution in [0.15, 0.2) is 40.2 Å². The van der Waals surface area contributed by atoms with E-state index in [0.29, 0.717) is 11.7 Å². The van der Waals surface area contributed by atoms with Gasteiger partial charge >= 0.3 is 0 Å². The van der Waals surface area contributed by atoms with Gasteiger partial charge in [-0.3, -0.25) is 0 Å². The maximum absolute atomic E-state index is 13.5. The number of hydrogen-bond donors (Lipinski definition) is 2. The van der Waals surface area contributed by atoms with Gasteiger partial charge in [-0.05, 0) is 35.8 Å². The van der Waals surface area contributed by atoms with Crippen LogP contribution in [-0.4, -0.2) is 15.3 Å². The van der Waals surface area contributed by atoms with Crippen LogP contribution in [0, 0.1) is 11.6 Å². The highest BCUT2D eigenvalue weighted by molar-refractivity contribution is 7.80. The molecular formula is C14H10F2N4OS2. The number of thiocarbonyl (C=S) groups is 1. The molecule has 0 amide bonds. The first-order valence-corrected chi connectivity index (χ1v) is 7.77. The minimum atomic E-state index is -0.730. The van der Waals surface area contributed by atoms with Crippen LogP contribution in [0.4, 0.5) is 14.5 Å². The molecule has 0 unspecified atom stereocenters. The van der Waals surface area contributed by atoms with Gasteiger partial charge in [-0.25, -0.2) is 8.78 Å². The molecule has 0 aliphatic heterocycles. The van der Waals surface area contributed by atoms with E-state index in [0.717, 1.165) is 17.0 Å². The van der Waals surface area contributed by atoms with Gasteiger partial charge in [0.15, 0.2) is 5.11 Å². The van der Waals surface area contributed by atoms with Crippen LogP contribution in [0.5, 0.6) is 0 Å². The molecule has 0 fully saturated rings. The third-order valence-corrected chi connectivity index (χ3v) is 3.90. The van der Waals surface area contributed by atoms with Crippen LogP contribution in [0.1, 0.15) is 5.89 Å². The first-order chi connectivity index (χ1) is 11.1. The fourth-order valence-electron chi connectivity index (χ4n) is 1.75. The quantitative estimate of drug-likeness (QED) is 0.700. The van der Waals surface area contributed by atoms with Crippen molar-refractivity contribution in [3.63, 3.8) is 0 Å². The number of aromatic nitrogens is 2. The molecule has 0 saturated heterocycles. The smallest absolute Gasteiger partial charge is 0.246 e. The Morgan fingerprint density at radius 1 is 1.30 bits per heavy atom. The van der Waals surface area contributed by atoms with Gasteiger partial charge in [0.05, 0.1) is 17.1 Å². The van der Waals surface area contributed by atoms with Crippen molar-refractivity contribution >= 4 is 34.4 Å². The lowest BCUT2D eigenvalue weighted by Gasteiger charge is -2.09. The van der Waals surface area contributed by atoms with E-state index in [1.165, 1.54) is 17.4 Å². The number of rotatable bonds is 4. The van der Waals surface area contributed by atoms with Gasteiger partial charge in [-0.1, -0.05) is 11.2 Å². The lowest BCUT2D eigenvalue weighted by atomic mass is 10.3. The van der Waals surface area contributed by atoms with Gasteiger partial charge < -0.3 is 15.2 Å². The van der Waals surface area contributed by atoms with Crippen molar-refractivity contribution in [2.45, 2.75) is 6.54 Å². The van der Waals surface area contributed by atoms with Crippen molar-refractivity contribution in [2.24, 2.45) is 0 Å². The minimum Gasteiger partial charge on any atom is -0.353 e. The van der Waals surface area contributed by atoms with Crippen LogP contribution < -0.4 is 10.6 Å². The average molecular weight is 352 g/mol. The number of thiophene rings is 1. The topological polar surface area (TPSA) is 63.0 Å². The second-order valence-corrected chi connectivity index (χ2v) is 5.78. The molecule has 0 atom stereocenters. The molecule has 0 bridgehead atoms. The summed E-state index contributed by atoms with van der Waals surface area (Å²) in [6.45, 7) is 0.188. The lowest BCUT2D eigenvalue weighted by molar-refractivity contribution is 0.376. The van der Waals surface area contributed by atoms with Crippen molar-refractivity contribution < 1.29 is 13.3 Å². The summed E-state index contributed by atoms with van der Waals surface area (Å²) < 4.78 is 31.4. The van der Waals surface area contributed by atoms with E-state index < -0.39 is 11.6 Å². The van der Waals surface area contributed by atoms with Crippen LogP contribution in [0.2, 0.25) is 0 Å². The van der Waals surface area contributed by atoms with Crippen LogP contribution in [-0.2, 0) is 6.54 Å². The number of benzene rings is 1. The summed E-state index contributed by atoms with van der Waals surface area (Å²) in [4.78, 5) is 5.12. The van der Waals surface area contributed by atoms with E-state index >= 15 is 0 Å². The third kappa shape index (κ3) is 3.88. The molecular weight excluding hydrogens is 342 g/mol. The summed E-state index contributed by atoms with van der Waals surface area (Å²) in [7, 11) is 0. The Morgan fingerprint density at radius 2 is 2.17 bits per heavy atom. The number of hydrogen-bond acceptors (Lipinski definition) is 5. The molecule has 5 nitrogen and oxygen atoms in total. The van der Waals surface area contributed by atoms with Crippen LogP contribution in [0.25, 0.3) is 10.7 Å². The van der Waals surface area contributed by atoms with E-state index in [-0.39, 0.29) is 17.3 Å². The molecule has 2 aromatic heterocycles. The largest absolute Gasteiger partial charge is 0.353 e. The summed E-state index contributed by atoms with van der Waals surface area (Å²) in [5.41, 5.74) is 0.0775. The SMILES string of the molecule is Fc1ccc(NC(=S)NCc2nc(-c3cccs3)no2)c(F)c1. The zero-order valence-corrected chi connectivity index (χ0v) is 13.2. The standard InChI is InChI=1S/C14H10F2N4OS2/c15-8-3-4-10(9(16)6-8)18-14(22)17-7-12-19-13(20-21-12)11-2-1-5-23-11/h1-6H,7H2,(H2,17,18,22). The predicted molar refractivity (Wildman–Crippen MR) is 87.0 cm³/mol. The molecule has 3 aromatic rings. The van der Waals surface area contributed by atoms with Gasteiger partial charge in [-0.15, -0.1) is 11.3 Å². The van der Waals surface area contributed by atoms with E-state index in [1.807, 2.05) is 17.5 Å². The van der Waals surface area contributed by atoms with E-state index in [9.17, 15) is 8.78 Å². The monoisotopic (exact) mass is 352 g/mol. The maximum Gasteiger partial charge on any atom is 0.246 e. The molecule has 2 heterocycles. The molecule has 0 radical (unpaired) electrons. The summed E-state index contributed by atoms with van der Waals surface area (Å²) in [5, 5.41) is 11.4. The second-order valence-electron chi connectivity index (χ2n) is 4.42. The fraction of sp³-hybridized carbons (Fsp3) is 0.0714. The Labute approximate surface area is 139 Å². The molecule has 1 aromatic carbocycles. The molecule has 9 heteroatoms. The number of nitrogens with one attached hydrogen (secondary N) is 2. The molecule has 118 valence electrons. The summed E-state index contributed by atoms with van der Waals surface area (Å²) in [6.07, 6.45) is 0. The average Bonchev–Trinajstić information content (AvgIpc) is 3.18. The molecule has 0 spiro atoms. The minimum absolute atomic E-state index is 0.0775. The van der Waals surface area contributed by atoms with E-state index in [1.54, 1.807) is 0 Å².